The molecule has 2 rings (SSSR count). The van der Waals surface area contributed by atoms with E-state index in [0.717, 1.165) is 5.56 Å². The van der Waals surface area contributed by atoms with Gasteiger partial charge in [0.2, 0.25) is 0 Å². The van der Waals surface area contributed by atoms with Crippen LogP contribution in [0.25, 0.3) is 0 Å². The van der Waals surface area contributed by atoms with Gasteiger partial charge in [-0.15, -0.1) is 0 Å². The number of aromatic nitrogens is 1. The molecule has 2 atom stereocenters. The number of aliphatic hydroxyl groups is 1. The minimum Gasteiger partial charge on any atom is -0.480 e. The summed E-state index contributed by atoms with van der Waals surface area (Å²) in [5, 5.41) is 24.4. The van der Waals surface area contributed by atoms with Crippen LogP contribution >= 0.6 is 0 Å². The Morgan fingerprint density at radius 1 is 1.06 bits per heavy atom. The van der Waals surface area contributed by atoms with Crippen molar-refractivity contribution in [3.8, 4) is 0 Å². The first-order chi connectivity index (χ1) is 14.5. The molecule has 166 valence electrons. The molecule has 1 heterocycles. The predicted molar refractivity (Wildman–Crippen MR) is 110 cm³/mol. The quantitative estimate of drug-likeness (QED) is 0.523. The van der Waals surface area contributed by atoms with Crippen molar-refractivity contribution in [3.05, 3.63) is 59.8 Å². The largest absolute Gasteiger partial charge is 0.480 e. The van der Waals surface area contributed by atoms with Crippen LogP contribution < -0.4 is 10.6 Å². The molecule has 0 unspecified atom stereocenters. The Balaban J connectivity index is 1.97. The first kappa shape index (κ1) is 23.6. The number of anilines is 1. The summed E-state index contributed by atoms with van der Waals surface area (Å²) < 4.78 is 10.1. The molecule has 1 aromatic carbocycles. The third-order valence-electron chi connectivity index (χ3n) is 3.82. The van der Waals surface area contributed by atoms with Crippen LogP contribution in [0.1, 0.15) is 38.0 Å². The fraction of sp³-hybridized carbons (Fsp3) is 0.333. The van der Waals surface area contributed by atoms with Crippen LogP contribution in [0.2, 0.25) is 0 Å². The number of benzene rings is 1. The number of hydrogen-bond acceptors (Lipinski definition) is 7. The van der Waals surface area contributed by atoms with E-state index in [2.05, 4.69) is 15.6 Å². The molecule has 2 amide bonds. The summed E-state index contributed by atoms with van der Waals surface area (Å²) in [5.74, 6) is -1.31. The molecule has 1 aromatic heterocycles. The van der Waals surface area contributed by atoms with Crippen molar-refractivity contribution in [2.24, 2.45) is 0 Å². The van der Waals surface area contributed by atoms with Gasteiger partial charge in [-0.3, -0.25) is 5.32 Å². The van der Waals surface area contributed by atoms with E-state index in [-0.39, 0.29) is 18.0 Å². The molecular weight excluding hydrogens is 406 g/mol. The van der Waals surface area contributed by atoms with Crippen molar-refractivity contribution >= 4 is 24.0 Å². The summed E-state index contributed by atoms with van der Waals surface area (Å²) in [7, 11) is 0. The topological polar surface area (TPSA) is 147 Å². The molecule has 0 fully saturated rings. The lowest BCUT2D eigenvalue weighted by molar-refractivity contribution is -0.142. The van der Waals surface area contributed by atoms with Crippen molar-refractivity contribution in [1.29, 1.82) is 0 Å². The number of nitrogens with one attached hydrogen (secondary N) is 2. The van der Waals surface area contributed by atoms with E-state index in [0.29, 0.717) is 0 Å². The Labute approximate surface area is 179 Å². The lowest BCUT2D eigenvalue weighted by Crippen LogP contribution is -2.45. The van der Waals surface area contributed by atoms with Crippen LogP contribution in [0.15, 0.2) is 48.7 Å². The lowest BCUT2D eigenvalue weighted by Gasteiger charge is -2.21. The van der Waals surface area contributed by atoms with Crippen LogP contribution in [0.4, 0.5) is 15.4 Å². The van der Waals surface area contributed by atoms with E-state index in [1.807, 2.05) is 6.07 Å². The Morgan fingerprint density at radius 3 is 2.29 bits per heavy atom. The molecule has 0 bridgehead atoms. The Bertz CT molecular complexity index is 895. The Morgan fingerprint density at radius 2 is 1.74 bits per heavy atom. The van der Waals surface area contributed by atoms with Gasteiger partial charge in [0, 0.05) is 11.8 Å². The molecule has 2 aromatic rings. The van der Waals surface area contributed by atoms with Crippen molar-refractivity contribution in [2.75, 3.05) is 5.32 Å². The maximum Gasteiger partial charge on any atom is 0.413 e. The second kappa shape index (κ2) is 10.4. The number of hydrogen-bond donors (Lipinski definition) is 4. The first-order valence-corrected chi connectivity index (χ1v) is 9.39. The van der Waals surface area contributed by atoms with Gasteiger partial charge in [-0.2, -0.15) is 0 Å². The molecule has 10 nitrogen and oxygen atoms in total. The SMILES string of the molecule is CC(C)(C)OC(=O)Nc1ccc([C@@H](O)[C@H](NC(=O)OCc2ccccc2)C(=O)O)cn1. The highest BCUT2D eigenvalue weighted by Gasteiger charge is 2.30. The average molecular weight is 431 g/mol. The number of ether oxygens (including phenoxy) is 2. The Hall–Kier alpha value is -3.66. The molecule has 0 aliphatic carbocycles. The van der Waals surface area contributed by atoms with E-state index in [9.17, 15) is 24.6 Å². The number of carbonyl (C=O) groups is 3. The number of carboxylic acid groups (broad SMARTS) is 1. The number of alkyl carbamates (subject to hydrolysis) is 1. The summed E-state index contributed by atoms with van der Waals surface area (Å²) in [6.07, 6.45) is -2.12. The lowest BCUT2D eigenvalue weighted by atomic mass is 10.0. The number of aliphatic carboxylic acids is 1. The van der Waals surface area contributed by atoms with Crippen molar-refractivity contribution in [2.45, 2.75) is 45.1 Å². The fourth-order valence-electron chi connectivity index (χ4n) is 2.42. The summed E-state index contributed by atoms with van der Waals surface area (Å²) in [6, 6.07) is 9.92. The second-order valence-electron chi connectivity index (χ2n) is 7.57. The number of nitrogens with zero attached hydrogens (tertiary/aromatic N) is 1. The average Bonchev–Trinajstić information content (AvgIpc) is 2.69. The fourth-order valence-corrected chi connectivity index (χ4v) is 2.42. The van der Waals surface area contributed by atoms with Gasteiger partial charge in [0.15, 0.2) is 6.04 Å². The maximum atomic E-state index is 12.0. The van der Waals surface area contributed by atoms with Crippen molar-refractivity contribution < 1.29 is 34.1 Å². The van der Waals surface area contributed by atoms with Gasteiger partial charge in [-0.1, -0.05) is 36.4 Å². The number of carbonyl (C=O) groups excluding carboxylic acids is 2. The van der Waals surface area contributed by atoms with Crippen LogP contribution in [0.3, 0.4) is 0 Å². The highest BCUT2D eigenvalue weighted by molar-refractivity contribution is 5.83. The monoisotopic (exact) mass is 431 g/mol. The number of aliphatic hydroxyl groups excluding tert-OH is 1. The number of carboxylic acids is 1. The molecule has 0 saturated heterocycles. The van der Waals surface area contributed by atoms with Crippen LogP contribution in [-0.4, -0.2) is 45.0 Å². The van der Waals surface area contributed by atoms with Crippen LogP contribution in [-0.2, 0) is 20.9 Å². The van der Waals surface area contributed by atoms with Gasteiger partial charge in [-0.25, -0.2) is 19.4 Å². The van der Waals surface area contributed by atoms with Gasteiger partial charge < -0.3 is 25.0 Å². The van der Waals surface area contributed by atoms with Crippen molar-refractivity contribution in [3.63, 3.8) is 0 Å². The first-order valence-electron chi connectivity index (χ1n) is 9.39. The highest BCUT2D eigenvalue weighted by Crippen LogP contribution is 2.19. The molecule has 0 radical (unpaired) electrons. The van der Waals surface area contributed by atoms with Crippen LogP contribution in [0, 0.1) is 0 Å². The molecular formula is C21H25N3O7. The van der Waals surface area contributed by atoms with Gasteiger partial charge in [0.05, 0.1) is 0 Å². The Kier molecular flexibility index (Phi) is 7.92. The molecule has 0 aliphatic rings. The van der Waals surface area contributed by atoms with Crippen molar-refractivity contribution in [1.82, 2.24) is 10.3 Å². The maximum absolute atomic E-state index is 12.0. The summed E-state index contributed by atoms with van der Waals surface area (Å²) >= 11 is 0. The molecule has 0 spiro atoms. The molecule has 0 saturated carbocycles. The zero-order valence-electron chi connectivity index (χ0n) is 17.4. The molecule has 31 heavy (non-hydrogen) atoms. The molecule has 0 aliphatic heterocycles. The van der Waals surface area contributed by atoms with E-state index in [1.165, 1.54) is 18.3 Å². The van der Waals surface area contributed by atoms with E-state index in [1.54, 1.807) is 45.0 Å². The smallest absolute Gasteiger partial charge is 0.413 e. The van der Waals surface area contributed by atoms with E-state index in [4.69, 9.17) is 9.47 Å². The van der Waals surface area contributed by atoms with E-state index < -0.39 is 35.9 Å². The normalized spacial score (nSPS) is 12.9. The predicted octanol–water partition coefficient (Wildman–Crippen LogP) is 2.84. The summed E-state index contributed by atoms with van der Waals surface area (Å²) in [4.78, 5) is 39.2. The summed E-state index contributed by atoms with van der Waals surface area (Å²) in [6.45, 7) is 5.08. The molecule has 4 N–H and O–H groups in total. The van der Waals surface area contributed by atoms with Gasteiger partial charge in [-0.05, 0) is 32.4 Å². The molecule has 10 heteroatoms. The third-order valence-corrected chi connectivity index (χ3v) is 3.82. The number of pyridine rings is 1. The third kappa shape index (κ3) is 7.94. The minimum atomic E-state index is -1.67. The number of rotatable bonds is 7. The van der Waals surface area contributed by atoms with Crippen LogP contribution in [0.5, 0.6) is 0 Å². The summed E-state index contributed by atoms with van der Waals surface area (Å²) in [5.41, 5.74) is 0.156. The second-order valence-corrected chi connectivity index (χ2v) is 7.57. The minimum absolute atomic E-state index is 0.0539. The van der Waals surface area contributed by atoms with Gasteiger partial charge in [0.1, 0.15) is 24.1 Å². The number of amides is 2. The van der Waals surface area contributed by atoms with Gasteiger partial charge in [0.25, 0.3) is 0 Å². The van der Waals surface area contributed by atoms with E-state index >= 15 is 0 Å². The van der Waals surface area contributed by atoms with Gasteiger partial charge >= 0.3 is 18.2 Å². The zero-order valence-corrected chi connectivity index (χ0v) is 17.4. The zero-order chi connectivity index (χ0) is 23.0. The standard InChI is InChI=1S/C21H25N3O7/c1-21(2,3)31-20(29)23-15-10-9-14(11-22-15)17(25)16(18(26)27)24-19(28)30-12-13-7-5-4-6-8-13/h4-11,16-17,25H,12H2,1-3H3,(H,24,28)(H,26,27)(H,22,23,29)/t16-,17+/m0/s1. The highest BCUT2D eigenvalue weighted by atomic mass is 16.6.